The van der Waals surface area contributed by atoms with E-state index in [0.29, 0.717) is 36.0 Å². The summed E-state index contributed by atoms with van der Waals surface area (Å²) in [6.45, 7) is 0.765. The minimum absolute atomic E-state index is 0.210. The van der Waals surface area contributed by atoms with Crippen LogP contribution in [0.4, 0.5) is 4.39 Å². The van der Waals surface area contributed by atoms with Crippen molar-refractivity contribution in [3.05, 3.63) is 42.2 Å². The molecule has 0 radical (unpaired) electrons. The molecule has 1 aliphatic heterocycles. The van der Waals surface area contributed by atoms with E-state index in [4.69, 9.17) is 19.9 Å². The van der Waals surface area contributed by atoms with Crippen LogP contribution in [-0.4, -0.2) is 26.4 Å². The molecule has 0 saturated heterocycles. The zero-order valence-electron chi connectivity index (χ0n) is 11.6. The van der Waals surface area contributed by atoms with Gasteiger partial charge in [0.15, 0.2) is 11.5 Å². The van der Waals surface area contributed by atoms with Crippen LogP contribution in [0.5, 0.6) is 17.2 Å². The monoisotopic (exact) mass is 289 g/mol. The maximum absolute atomic E-state index is 13.6. The third-order valence-electron chi connectivity index (χ3n) is 3.40. The predicted octanol–water partition coefficient (Wildman–Crippen LogP) is 2.60. The third kappa shape index (κ3) is 2.52. The van der Waals surface area contributed by atoms with Gasteiger partial charge in [0.1, 0.15) is 24.3 Å². The van der Waals surface area contributed by atoms with Crippen molar-refractivity contribution in [3.8, 4) is 28.4 Å². The van der Waals surface area contributed by atoms with Crippen molar-refractivity contribution in [1.29, 1.82) is 0 Å². The first kappa shape index (κ1) is 13.7. The second-order valence-electron chi connectivity index (χ2n) is 4.76. The van der Waals surface area contributed by atoms with Crippen molar-refractivity contribution < 1.29 is 18.6 Å². The van der Waals surface area contributed by atoms with Crippen LogP contribution < -0.4 is 19.9 Å². The molecule has 2 aromatic rings. The Kier molecular flexibility index (Phi) is 3.66. The number of halogens is 1. The number of nitrogens with two attached hydrogens (primary N) is 1. The number of hydrogen-bond donors (Lipinski definition) is 1. The summed E-state index contributed by atoms with van der Waals surface area (Å²) in [6.07, 6.45) is -0.210. The lowest BCUT2D eigenvalue weighted by Crippen LogP contribution is -2.35. The normalized spacial score (nSPS) is 16.6. The maximum Gasteiger partial charge on any atom is 0.169 e. The van der Waals surface area contributed by atoms with Crippen LogP contribution in [0.3, 0.4) is 0 Å². The van der Waals surface area contributed by atoms with E-state index in [1.54, 1.807) is 13.2 Å². The van der Waals surface area contributed by atoms with Crippen LogP contribution >= 0.6 is 0 Å². The molecule has 2 N–H and O–H groups in total. The largest absolute Gasteiger partial charge is 0.496 e. The Labute approximate surface area is 122 Å². The highest BCUT2D eigenvalue weighted by Gasteiger charge is 2.24. The molecule has 4 nitrogen and oxygen atoms in total. The summed E-state index contributed by atoms with van der Waals surface area (Å²) >= 11 is 0. The lowest BCUT2D eigenvalue weighted by atomic mass is 10.0. The SMILES string of the molecule is COc1ccc(F)cc1-c1cccc2c1O[C@@H](CN)CO2. The smallest absolute Gasteiger partial charge is 0.169 e. The van der Waals surface area contributed by atoms with E-state index in [1.807, 2.05) is 18.2 Å². The molecule has 0 unspecified atom stereocenters. The van der Waals surface area contributed by atoms with E-state index >= 15 is 0 Å². The Balaban J connectivity index is 2.14. The Bertz CT molecular complexity index is 660. The van der Waals surface area contributed by atoms with Gasteiger partial charge in [-0.25, -0.2) is 4.39 Å². The minimum Gasteiger partial charge on any atom is -0.496 e. The van der Waals surface area contributed by atoms with Gasteiger partial charge < -0.3 is 19.9 Å². The van der Waals surface area contributed by atoms with Gasteiger partial charge in [0.25, 0.3) is 0 Å². The van der Waals surface area contributed by atoms with Crippen molar-refractivity contribution in [2.45, 2.75) is 6.10 Å². The Morgan fingerprint density at radius 3 is 2.90 bits per heavy atom. The molecule has 0 fully saturated rings. The number of benzene rings is 2. The van der Waals surface area contributed by atoms with Gasteiger partial charge in [-0.15, -0.1) is 0 Å². The molecule has 1 heterocycles. The molecule has 0 bridgehead atoms. The van der Waals surface area contributed by atoms with E-state index in [1.165, 1.54) is 12.1 Å². The van der Waals surface area contributed by atoms with E-state index < -0.39 is 0 Å². The lowest BCUT2D eigenvalue weighted by molar-refractivity contribution is 0.0976. The van der Waals surface area contributed by atoms with Crippen molar-refractivity contribution in [3.63, 3.8) is 0 Å². The van der Waals surface area contributed by atoms with Crippen molar-refractivity contribution in [1.82, 2.24) is 0 Å². The summed E-state index contributed by atoms with van der Waals surface area (Å²) in [5, 5.41) is 0. The fourth-order valence-electron chi connectivity index (χ4n) is 2.35. The molecule has 0 amide bonds. The summed E-state index contributed by atoms with van der Waals surface area (Å²) in [6, 6.07) is 9.87. The topological polar surface area (TPSA) is 53.7 Å². The lowest BCUT2D eigenvalue weighted by Gasteiger charge is -2.27. The Morgan fingerprint density at radius 1 is 1.29 bits per heavy atom. The molecule has 0 spiro atoms. The molecule has 2 aromatic carbocycles. The van der Waals surface area contributed by atoms with E-state index in [9.17, 15) is 4.39 Å². The molecular formula is C16H16FNO3. The number of methoxy groups -OCH3 is 1. The Morgan fingerprint density at radius 2 is 2.14 bits per heavy atom. The van der Waals surface area contributed by atoms with Gasteiger partial charge in [-0.05, 0) is 24.3 Å². The summed E-state index contributed by atoms with van der Waals surface area (Å²) in [5.41, 5.74) is 6.98. The molecule has 3 rings (SSSR count). The van der Waals surface area contributed by atoms with Crippen LogP contribution in [0.25, 0.3) is 11.1 Å². The highest BCUT2D eigenvalue weighted by atomic mass is 19.1. The van der Waals surface area contributed by atoms with Gasteiger partial charge in [0.05, 0.1) is 7.11 Å². The quantitative estimate of drug-likeness (QED) is 0.943. The molecule has 21 heavy (non-hydrogen) atoms. The fourth-order valence-corrected chi connectivity index (χ4v) is 2.35. The van der Waals surface area contributed by atoms with Crippen LogP contribution in [-0.2, 0) is 0 Å². The van der Waals surface area contributed by atoms with Gasteiger partial charge >= 0.3 is 0 Å². The highest BCUT2D eigenvalue weighted by Crippen LogP contribution is 2.43. The minimum atomic E-state index is -0.337. The third-order valence-corrected chi connectivity index (χ3v) is 3.40. The number of fused-ring (bicyclic) bond motifs is 1. The second kappa shape index (κ2) is 5.61. The average molecular weight is 289 g/mol. The van der Waals surface area contributed by atoms with Crippen LogP contribution in [0.1, 0.15) is 0 Å². The van der Waals surface area contributed by atoms with Gasteiger partial charge in [0, 0.05) is 17.7 Å². The Hall–Kier alpha value is -2.27. The van der Waals surface area contributed by atoms with Crippen LogP contribution in [0, 0.1) is 5.82 Å². The number of ether oxygens (including phenoxy) is 3. The van der Waals surface area contributed by atoms with Crippen molar-refractivity contribution in [2.75, 3.05) is 20.3 Å². The number of para-hydroxylation sites is 1. The first-order chi connectivity index (χ1) is 10.2. The van der Waals surface area contributed by atoms with Gasteiger partial charge in [-0.2, -0.15) is 0 Å². The van der Waals surface area contributed by atoms with Gasteiger partial charge in [-0.3, -0.25) is 0 Å². The summed E-state index contributed by atoms with van der Waals surface area (Å²) in [7, 11) is 1.55. The van der Waals surface area contributed by atoms with Gasteiger partial charge in [0.2, 0.25) is 0 Å². The molecule has 0 aromatic heterocycles. The first-order valence-corrected chi connectivity index (χ1v) is 6.69. The van der Waals surface area contributed by atoms with Gasteiger partial charge in [-0.1, -0.05) is 12.1 Å². The molecule has 0 aliphatic carbocycles. The molecular weight excluding hydrogens is 273 g/mol. The van der Waals surface area contributed by atoms with Crippen LogP contribution in [0.15, 0.2) is 36.4 Å². The number of rotatable bonds is 3. The zero-order chi connectivity index (χ0) is 14.8. The second-order valence-corrected chi connectivity index (χ2v) is 4.76. The first-order valence-electron chi connectivity index (χ1n) is 6.69. The summed E-state index contributed by atoms with van der Waals surface area (Å²) in [4.78, 5) is 0. The summed E-state index contributed by atoms with van der Waals surface area (Å²) < 4.78 is 30.4. The van der Waals surface area contributed by atoms with E-state index in [2.05, 4.69) is 0 Å². The molecule has 110 valence electrons. The molecule has 5 heteroatoms. The van der Waals surface area contributed by atoms with Crippen LogP contribution in [0.2, 0.25) is 0 Å². The summed E-state index contributed by atoms with van der Waals surface area (Å²) in [5.74, 6) is 1.44. The number of hydrogen-bond acceptors (Lipinski definition) is 4. The predicted molar refractivity (Wildman–Crippen MR) is 77.4 cm³/mol. The molecule has 1 atom stereocenters. The molecule has 1 aliphatic rings. The van der Waals surface area contributed by atoms with E-state index in [0.717, 1.165) is 5.56 Å². The standard InChI is InChI=1S/C16H16FNO3/c1-19-14-6-5-10(17)7-13(14)12-3-2-4-15-16(12)21-11(8-18)9-20-15/h2-7,11H,8-9,18H2,1H3/t11-/m0/s1. The van der Waals surface area contributed by atoms with Crippen molar-refractivity contribution >= 4 is 0 Å². The van der Waals surface area contributed by atoms with E-state index in [-0.39, 0.29) is 11.9 Å². The zero-order valence-corrected chi connectivity index (χ0v) is 11.6. The maximum atomic E-state index is 13.6. The average Bonchev–Trinajstić information content (AvgIpc) is 2.53. The highest BCUT2D eigenvalue weighted by molar-refractivity contribution is 5.78. The molecule has 0 saturated carbocycles. The fraction of sp³-hybridized carbons (Fsp3) is 0.250. The van der Waals surface area contributed by atoms with Crippen molar-refractivity contribution in [2.24, 2.45) is 5.73 Å².